The average Bonchev–Trinajstić information content (AvgIpc) is 3.05. The molecular weight excluding hydrogens is 330 g/mol. The minimum atomic E-state index is -4.66. The van der Waals surface area contributed by atoms with Crippen LogP contribution in [0.2, 0.25) is 0 Å². The van der Waals surface area contributed by atoms with E-state index in [0.29, 0.717) is 19.4 Å². The van der Waals surface area contributed by atoms with E-state index in [9.17, 15) is 17.6 Å². The Morgan fingerprint density at radius 2 is 1.48 bits per heavy atom. The fourth-order valence-corrected chi connectivity index (χ4v) is 3.58. The molecule has 0 N–H and O–H groups in total. The summed E-state index contributed by atoms with van der Waals surface area (Å²) in [6.45, 7) is 0.291. The van der Waals surface area contributed by atoms with E-state index in [1.54, 1.807) is 0 Å². The van der Waals surface area contributed by atoms with Crippen molar-refractivity contribution in [2.24, 2.45) is 0 Å². The van der Waals surface area contributed by atoms with Crippen LogP contribution in [0.15, 0.2) is 72.7 Å². The van der Waals surface area contributed by atoms with Gasteiger partial charge in [-0.1, -0.05) is 60.7 Å². The monoisotopic (exact) mass is 349 g/mol. The summed E-state index contributed by atoms with van der Waals surface area (Å²) in [5, 5.41) is 0. The highest BCUT2D eigenvalue weighted by atomic mass is 19.4. The first-order valence-corrected chi connectivity index (χ1v) is 8.27. The van der Waals surface area contributed by atoms with Crippen LogP contribution in [0.25, 0.3) is 0 Å². The summed E-state index contributed by atoms with van der Waals surface area (Å²) in [6, 6.07) is 18.8. The van der Waals surface area contributed by atoms with Crippen LogP contribution in [0.1, 0.15) is 29.9 Å². The van der Waals surface area contributed by atoms with Crippen molar-refractivity contribution in [2.45, 2.75) is 31.0 Å². The van der Waals surface area contributed by atoms with Crippen LogP contribution in [0.4, 0.5) is 17.6 Å². The number of alkyl halides is 3. The van der Waals surface area contributed by atoms with Gasteiger partial charge in [0.2, 0.25) is 0 Å². The molecule has 1 aliphatic heterocycles. The molecule has 1 saturated heterocycles. The zero-order valence-corrected chi connectivity index (χ0v) is 13.6. The molecule has 0 spiro atoms. The van der Waals surface area contributed by atoms with Crippen LogP contribution >= 0.6 is 0 Å². The molecule has 1 fully saturated rings. The average molecular weight is 349 g/mol. The lowest BCUT2D eigenvalue weighted by Gasteiger charge is -2.33. The Kier molecular flexibility index (Phi) is 5.11. The summed E-state index contributed by atoms with van der Waals surface area (Å²) in [4.78, 5) is 1.26. The lowest BCUT2D eigenvalue weighted by atomic mass is 9.84. The van der Waals surface area contributed by atoms with Crippen molar-refractivity contribution in [3.05, 3.63) is 83.8 Å². The Labute approximate surface area is 144 Å². The molecule has 132 valence electrons. The Balaban J connectivity index is 2.00. The predicted octanol–water partition coefficient (Wildman–Crippen LogP) is 5.66. The molecule has 0 unspecified atom stereocenters. The zero-order valence-electron chi connectivity index (χ0n) is 13.6. The highest BCUT2D eigenvalue weighted by Crippen LogP contribution is 2.39. The number of nitrogens with zero attached hydrogens (tertiary/aromatic N) is 1. The van der Waals surface area contributed by atoms with Gasteiger partial charge in [-0.3, -0.25) is 0 Å². The molecule has 0 amide bonds. The number of benzene rings is 2. The SMILES string of the molecule is F/C(=C\C(F)(F)F)N1CCC[C@H]1C(c1ccccc1)c1ccccc1. The smallest absolute Gasteiger partial charge is 0.345 e. The standard InChI is InChI=1S/C20H19F4N/c21-18(14-20(22,23)24)25-13-7-12-17(25)19(15-8-3-1-4-9-15)16-10-5-2-6-11-16/h1-6,8-11,14,17,19H,7,12-13H2/b18-14+/t17-/m0/s1. The van der Waals surface area contributed by atoms with Crippen molar-refractivity contribution in [1.29, 1.82) is 0 Å². The quantitative estimate of drug-likeness (QED) is 0.509. The zero-order chi connectivity index (χ0) is 17.9. The topological polar surface area (TPSA) is 3.24 Å². The second-order valence-electron chi connectivity index (χ2n) is 6.21. The van der Waals surface area contributed by atoms with Gasteiger partial charge in [0.25, 0.3) is 0 Å². The van der Waals surface area contributed by atoms with Gasteiger partial charge in [0.1, 0.15) is 0 Å². The van der Waals surface area contributed by atoms with E-state index in [2.05, 4.69) is 0 Å². The number of rotatable bonds is 4. The third-order valence-electron chi connectivity index (χ3n) is 4.56. The van der Waals surface area contributed by atoms with E-state index < -0.39 is 12.1 Å². The van der Waals surface area contributed by atoms with E-state index in [4.69, 9.17) is 0 Å². The molecule has 5 heteroatoms. The molecule has 2 aromatic rings. The van der Waals surface area contributed by atoms with Gasteiger partial charge in [-0.25, -0.2) is 0 Å². The molecule has 25 heavy (non-hydrogen) atoms. The Bertz CT molecular complexity index is 670. The van der Waals surface area contributed by atoms with Crippen molar-refractivity contribution in [3.63, 3.8) is 0 Å². The molecule has 0 aromatic heterocycles. The summed E-state index contributed by atoms with van der Waals surface area (Å²) in [6.07, 6.45) is -3.59. The molecule has 1 aliphatic rings. The largest absolute Gasteiger partial charge is 0.414 e. The summed E-state index contributed by atoms with van der Waals surface area (Å²) < 4.78 is 52.1. The van der Waals surface area contributed by atoms with Crippen LogP contribution in [-0.4, -0.2) is 23.7 Å². The highest BCUT2D eigenvalue weighted by molar-refractivity contribution is 5.35. The van der Waals surface area contributed by atoms with Gasteiger partial charge in [0, 0.05) is 18.5 Å². The summed E-state index contributed by atoms with van der Waals surface area (Å²) >= 11 is 0. The maximum Gasteiger partial charge on any atom is 0.414 e. The number of allylic oxidation sites excluding steroid dienone is 1. The molecule has 3 rings (SSSR count). The van der Waals surface area contributed by atoms with Crippen molar-refractivity contribution < 1.29 is 17.6 Å². The van der Waals surface area contributed by atoms with Crippen LogP contribution in [-0.2, 0) is 0 Å². The number of halogens is 4. The molecule has 2 aromatic carbocycles. The summed E-state index contributed by atoms with van der Waals surface area (Å²) in [7, 11) is 0. The molecule has 0 radical (unpaired) electrons. The van der Waals surface area contributed by atoms with Crippen LogP contribution in [0, 0.1) is 0 Å². The maximum atomic E-state index is 14.3. The lowest BCUT2D eigenvalue weighted by molar-refractivity contribution is -0.0831. The first-order chi connectivity index (χ1) is 12.0. The molecular formula is C20H19F4N. The molecule has 0 bridgehead atoms. The number of hydrogen-bond acceptors (Lipinski definition) is 1. The second kappa shape index (κ2) is 7.30. The fraction of sp³-hybridized carbons (Fsp3) is 0.300. The molecule has 0 aliphatic carbocycles. The number of likely N-dealkylation sites (tertiary alicyclic amines) is 1. The first-order valence-electron chi connectivity index (χ1n) is 8.27. The van der Waals surface area contributed by atoms with Gasteiger partial charge in [0.15, 0.2) is 5.95 Å². The van der Waals surface area contributed by atoms with Gasteiger partial charge < -0.3 is 4.90 Å². The molecule has 1 atom stereocenters. The third-order valence-corrected chi connectivity index (χ3v) is 4.56. The van der Waals surface area contributed by atoms with Gasteiger partial charge in [-0.05, 0) is 24.0 Å². The Morgan fingerprint density at radius 1 is 0.960 bits per heavy atom. The van der Waals surface area contributed by atoms with E-state index >= 15 is 0 Å². The minimum absolute atomic E-state index is 0.183. The summed E-state index contributed by atoms with van der Waals surface area (Å²) in [5.41, 5.74) is 1.95. The number of hydrogen-bond donors (Lipinski definition) is 0. The van der Waals surface area contributed by atoms with Crippen LogP contribution in [0.5, 0.6) is 0 Å². The second-order valence-corrected chi connectivity index (χ2v) is 6.21. The third kappa shape index (κ3) is 4.21. The molecule has 1 heterocycles. The van der Waals surface area contributed by atoms with Gasteiger partial charge in [-0.15, -0.1) is 0 Å². The van der Waals surface area contributed by atoms with E-state index in [1.165, 1.54) is 4.90 Å². The van der Waals surface area contributed by atoms with Crippen molar-refractivity contribution in [1.82, 2.24) is 4.90 Å². The van der Waals surface area contributed by atoms with Crippen LogP contribution in [0.3, 0.4) is 0 Å². The Morgan fingerprint density at radius 3 is 1.96 bits per heavy atom. The van der Waals surface area contributed by atoms with Crippen LogP contribution < -0.4 is 0 Å². The Hall–Kier alpha value is -2.30. The van der Waals surface area contributed by atoms with Crippen molar-refractivity contribution in [3.8, 4) is 0 Å². The van der Waals surface area contributed by atoms with Crippen molar-refractivity contribution in [2.75, 3.05) is 6.54 Å². The van der Waals surface area contributed by atoms with E-state index in [0.717, 1.165) is 11.1 Å². The van der Waals surface area contributed by atoms with Crippen molar-refractivity contribution >= 4 is 0 Å². The van der Waals surface area contributed by atoms with Gasteiger partial charge in [0.05, 0.1) is 6.08 Å². The van der Waals surface area contributed by atoms with E-state index in [1.807, 2.05) is 60.7 Å². The van der Waals surface area contributed by atoms with Gasteiger partial charge >= 0.3 is 6.18 Å². The molecule has 1 nitrogen and oxygen atoms in total. The lowest BCUT2D eigenvalue weighted by Crippen LogP contribution is -2.34. The predicted molar refractivity (Wildman–Crippen MR) is 89.7 cm³/mol. The highest BCUT2D eigenvalue weighted by Gasteiger charge is 2.37. The maximum absolute atomic E-state index is 14.3. The van der Waals surface area contributed by atoms with E-state index in [-0.39, 0.29) is 18.0 Å². The molecule has 0 saturated carbocycles. The first kappa shape index (κ1) is 17.5. The fourth-order valence-electron chi connectivity index (χ4n) is 3.58. The summed E-state index contributed by atoms with van der Waals surface area (Å²) in [5.74, 6) is -1.39. The van der Waals surface area contributed by atoms with Gasteiger partial charge in [-0.2, -0.15) is 17.6 Å². The normalized spacial score (nSPS) is 18.8. The minimum Gasteiger partial charge on any atom is -0.345 e.